The van der Waals surface area contributed by atoms with E-state index >= 15 is 0 Å². The molecule has 0 bridgehead atoms. The van der Waals surface area contributed by atoms with Crippen LogP contribution in [0, 0.1) is 6.92 Å². The zero-order valence-corrected chi connectivity index (χ0v) is 15.4. The number of rotatable bonds is 6. The Kier molecular flexibility index (Phi) is 5.56. The first kappa shape index (κ1) is 18.3. The van der Waals surface area contributed by atoms with E-state index in [-0.39, 0.29) is 5.91 Å². The molecule has 27 heavy (non-hydrogen) atoms. The molecule has 0 aliphatic rings. The fraction of sp³-hybridized carbons (Fsp3) is 0.143. The third kappa shape index (κ3) is 4.36. The maximum atomic E-state index is 12.6. The average molecular weight is 363 g/mol. The molecular formula is C21H21N3O3. The molecule has 0 radical (unpaired) electrons. The summed E-state index contributed by atoms with van der Waals surface area (Å²) in [6, 6.07) is 16.7. The van der Waals surface area contributed by atoms with Crippen molar-refractivity contribution in [3.63, 3.8) is 0 Å². The topological polar surface area (TPSA) is 72.5 Å². The van der Waals surface area contributed by atoms with E-state index in [2.05, 4.69) is 15.6 Å². The van der Waals surface area contributed by atoms with Gasteiger partial charge in [-0.3, -0.25) is 9.78 Å². The lowest BCUT2D eigenvalue weighted by atomic mass is 10.2. The first-order chi connectivity index (χ1) is 13.1. The van der Waals surface area contributed by atoms with Crippen LogP contribution in [0.2, 0.25) is 0 Å². The number of anilines is 3. The zero-order chi connectivity index (χ0) is 19.2. The lowest BCUT2D eigenvalue weighted by Gasteiger charge is -2.12. The Hall–Kier alpha value is -3.54. The van der Waals surface area contributed by atoms with Crippen LogP contribution in [0.1, 0.15) is 16.1 Å². The summed E-state index contributed by atoms with van der Waals surface area (Å²) in [5, 5.41) is 6.13. The first-order valence-corrected chi connectivity index (χ1v) is 8.43. The summed E-state index contributed by atoms with van der Waals surface area (Å²) in [6.45, 7) is 2.02. The van der Waals surface area contributed by atoms with Crippen LogP contribution >= 0.6 is 0 Å². The average Bonchev–Trinajstić information content (AvgIpc) is 2.70. The molecular weight excluding hydrogens is 342 g/mol. The molecule has 1 heterocycles. The monoisotopic (exact) mass is 363 g/mol. The summed E-state index contributed by atoms with van der Waals surface area (Å²) in [4.78, 5) is 16.8. The molecule has 0 saturated carbocycles. The minimum atomic E-state index is -0.327. The molecule has 0 saturated heterocycles. The van der Waals surface area contributed by atoms with Gasteiger partial charge in [-0.2, -0.15) is 0 Å². The minimum absolute atomic E-state index is 0.298. The maximum absolute atomic E-state index is 12.6. The molecule has 2 N–H and O–H groups in total. The summed E-state index contributed by atoms with van der Waals surface area (Å²) in [6.07, 6.45) is 1.60. The minimum Gasteiger partial charge on any atom is -0.497 e. The van der Waals surface area contributed by atoms with Crippen molar-refractivity contribution < 1.29 is 14.3 Å². The smallest absolute Gasteiger partial charge is 0.274 e. The number of carbonyl (C=O) groups is 1. The van der Waals surface area contributed by atoms with Crippen molar-refractivity contribution in [3.05, 3.63) is 72.1 Å². The fourth-order valence-corrected chi connectivity index (χ4v) is 2.59. The van der Waals surface area contributed by atoms with Gasteiger partial charge in [0.25, 0.3) is 5.91 Å². The van der Waals surface area contributed by atoms with Gasteiger partial charge in [0.15, 0.2) is 0 Å². The van der Waals surface area contributed by atoms with Crippen molar-refractivity contribution in [2.45, 2.75) is 6.92 Å². The summed E-state index contributed by atoms with van der Waals surface area (Å²) in [5.74, 6) is 0.830. The van der Waals surface area contributed by atoms with Crippen LogP contribution in [0.25, 0.3) is 0 Å². The number of carbonyl (C=O) groups excluding carboxylic acids is 1. The van der Waals surface area contributed by atoms with Crippen LogP contribution in [0.5, 0.6) is 11.5 Å². The SMILES string of the molecule is COc1ccc(NC(=O)c2cc(Nc3ccccc3C)ccn2)c(OC)c1. The Balaban J connectivity index is 1.79. The van der Waals surface area contributed by atoms with Gasteiger partial charge >= 0.3 is 0 Å². The highest BCUT2D eigenvalue weighted by Crippen LogP contribution is 2.29. The highest BCUT2D eigenvalue weighted by molar-refractivity contribution is 6.04. The summed E-state index contributed by atoms with van der Waals surface area (Å²) >= 11 is 0. The van der Waals surface area contributed by atoms with E-state index in [1.165, 1.54) is 7.11 Å². The predicted octanol–water partition coefficient (Wildman–Crippen LogP) is 4.40. The van der Waals surface area contributed by atoms with Gasteiger partial charge in [-0.25, -0.2) is 0 Å². The zero-order valence-electron chi connectivity index (χ0n) is 15.4. The standard InChI is InChI=1S/C21H21N3O3/c1-14-6-4-5-7-17(14)23-15-10-11-22-19(12-15)21(25)24-18-9-8-16(26-2)13-20(18)27-3/h4-13H,1-3H3,(H,22,23)(H,24,25). The lowest BCUT2D eigenvalue weighted by molar-refractivity contribution is 0.102. The number of ether oxygens (including phenoxy) is 2. The number of hydrogen-bond donors (Lipinski definition) is 2. The largest absolute Gasteiger partial charge is 0.497 e. The van der Waals surface area contributed by atoms with Crippen LogP contribution in [0.4, 0.5) is 17.1 Å². The van der Waals surface area contributed by atoms with E-state index in [1.54, 1.807) is 37.6 Å². The Morgan fingerprint density at radius 2 is 1.78 bits per heavy atom. The van der Waals surface area contributed by atoms with Crippen molar-refractivity contribution in [2.24, 2.45) is 0 Å². The Bertz CT molecular complexity index is 957. The quantitative estimate of drug-likeness (QED) is 0.679. The third-order valence-electron chi connectivity index (χ3n) is 4.07. The molecule has 3 aromatic rings. The number of hydrogen-bond acceptors (Lipinski definition) is 5. The second kappa shape index (κ2) is 8.23. The molecule has 0 unspecified atom stereocenters. The van der Waals surface area contributed by atoms with E-state index in [0.717, 1.165) is 16.9 Å². The molecule has 6 nitrogen and oxygen atoms in total. The molecule has 6 heteroatoms. The Labute approximate surface area is 158 Å². The van der Waals surface area contributed by atoms with Crippen molar-refractivity contribution >= 4 is 23.0 Å². The number of aryl methyl sites for hydroxylation is 1. The maximum Gasteiger partial charge on any atom is 0.274 e. The summed E-state index contributed by atoms with van der Waals surface area (Å²) in [5.41, 5.74) is 3.72. The van der Waals surface area contributed by atoms with Gasteiger partial charge in [0.2, 0.25) is 0 Å². The van der Waals surface area contributed by atoms with Gasteiger partial charge in [-0.05, 0) is 42.8 Å². The highest BCUT2D eigenvalue weighted by Gasteiger charge is 2.12. The van der Waals surface area contributed by atoms with E-state index in [0.29, 0.717) is 22.9 Å². The van der Waals surface area contributed by atoms with E-state index in [1.807, 2.05) is 37.3 Å². The number of para-hydroxylation sites is 1. The molecule has 0 aliphatic carbocycles. The number of methoxy groups -OCH3 is 2. The Morgan fingerprint density at radius 1 is 0.963 bits per heavy atom. The van der Waals surface area contributed by atoms with Gasteiger partial charge in [0.05, 0.1) is 19.9 Å². The van der Waals surface area contributed by atoms with Crippen LogP contribution in [-0.2, 0) is 0 Å². The number of nitrogens with zero attached hydrogens (tertiary/aromatic N) is 1. The van der Waals surface area contributed by atoms with Gasteiger partial charge in [-0.15, -0.1) is 0 Å². The highest BCUT2D eigenvalue weighted by atomic mass is 16.5. The number of benzene rings is 2. The van der Waals surface area contributed by atoms with Crippen LogP contribution < -0.4 is 20.1 Å². The van der Waals surface area contributed by atoms with Crippen molar-refractivity contribution in [1.82, 2.24) is 4.98 Å². The molecule has 0 atom stereocenters. The fourth-order valence-electron chi connectivity index (χ4n) is 2.59. The molecule has 2 aromatic carbocycles. The molecule has 0 fully saturated rings. The van der Waals surface area contributed by atoms with Gasteiger partial charge < -0.3 is 20.1 Å². The number of aromatic nitrogens is 1. The number of pyridine rings is 1. The third-order valence-corrected chi connectivity index (χ3v) is 4.07. The second-order valence-electron chi connectivity index (χ2n) is 5.89. The van der Waals surface area contributed by atoms with Crippen LogP contribution in [0.15, 0.2) is 60.8 Å². The summed E-state index contributed by atoms with van der Waals surface area (Å²) < 4.78 is 10.5. The van der Waals surface area contributed by atoms with Crippen LogP contribution in [0.3, 0.4) is 0 Å². The van der Waals surface area contributed by atoms with E-state index in [4.69, 9.17) is 9.47 Å². The molecule has 138 valence electrons. The second-order valence-corrected chi connectivity index (χ2v) is 5.89. The molecule has 3 rings (SSSR count). The normalized spacial score (nSPS) is 10.2. The van der Waals surface area contributed by atoms with Gasteiger partial charge in [-0.1, -0.05) is 18.2 Å². The Morgan fingerprint density at radius 3 is 2.52 bits per heavy atom. The first-order valence-electron chi connectivity index (χ1n) is 8.43. The lowest BCUT2D eigenvalue weighted by Crippen LogP contribution is -2.14. The van der Waals surface area contributed by atoms with Crippen LogP contribution in [-0.4, -0.2) is 25.1 Å². The molecule has 1 amide bonds. The van der Waals surface area contributed by atoms with Gasteiger partial charge in [0.1, 0.15) is 17.2 Å². The molecule has 1 aromatic heterocycles. The van der Waals surface area contributed by atoms with Gasteiger partial charge in [0, 0.05) is 23.6 Å². The van der Waals surface area contributed by atoms with Crippen molar-refractivity contribution in [3.8, 4) is 11.5 Å². The summed E-state index contributed by atoms with van der Waals surface area (Å²) in [7, 11) is 3.11. The number of amides is 1. The molecule has 0 spiro atoms. The van der Waals surface area contributed by atoms with Crippen molar-refractivity contribution in [1.29, 1.82) is 0 Å². The molecule has 0 aliphatic heterocycles. The van der Waals surface area contributed by atoms with E-state index < -0.39 is 0 Å². The predicted molar refractivity (Wildman–Crippen MR) is 106 cm³/mol. The number of nitrogens with one attached hydrogen (secondary N) is 2. The van der Waals surface area contributed by atoms with Crippen molar-refractivity contribution in [2.75, 3.05) is 24.9 Å². The van der Waals surface area contributed by atoms with E-state index in [9.17, 15) is 4.79 Å².